The van der Waals surface area contributed by atoms with Gasteiger partial charge in [-0.1, -0.05) is 53.7 Å². The van der Waals surface area contributed by atoms with E-state index in [4.69, 9.17) is 21.4 Å². The molecule has 0 bridgehead atoms. The number of hydrogen-bond acceptors (Lipinski definition) is 6. The van der Waals surface area contributed by atoms with Crippen LogP contribution < -0.4 is 4.74 Å². The number of benzene rings is 3. The maximum atomic E-state index is 6.46. The fraction of sp³-hybridized carbons (Fsp3) is 0.345. The third-order valence-corrected chi connectivity index (χ3v) is 8.19. The van der Waals surface area contributed by atoms with Gasteiger partial charge in [0.2, 0.25) is 0 Å². The Morgan fingerprint density at radius 2 is 1.78 bits per heavy atom. The second-order valence-electron chi connectivity index (χ2n) is 9.54. The Hall–Kier alpha value is -2.51. The van der Waals surface area contributed by atoms with E-state index in [1.54, 1.807) is 0 Å². The van der Waals surface area contributed by atoms with E-state index in [1.807, 2.05) is 42.2 Å². The zero-order valence-electron chi connectivity index (χ0n) is 20.9. The Kier molecular flexibility index (Phi) is 8.17. The first-order chi connectivity index (χ1) is 17.6. The molecule has 2 aliphatic rings. The van der Waals surface area contributed by atoms with Gasteiger partial charge in [0.1, 0.15) is 12.4 Å². The lowest BCUT2D eigenvalue weighted by atomic mass is 9.97. The molecule has 0 saturated carbocycles. The van der Waals surface area contributed by atoms with Crippen molar-refractivity contribution in [3.63, 3.8) is 0 Å². The quantitative estimate of drug-likeness (QED) is 0.374. The normalized spacial score (nSPS) is 18.2. The summed E-state index contributed by atoms with van der Waals surface area (Å²) < 4.78 is 6.00. The maximum Gasteiger partial charge on any atom is 0.128 e. The van der Waals surface area contributed by atoms with Crippen molar-refractivity contribution in [2.45, 2.75) is 22.3 Å². The first-order valence-corrected chi connectivity index (χ1v) is 13.7. The lowest BCUT2D eigenvalue weighted by Crippen LogP contribution is -2.46. The molecule has 0 aliphatic carbocycles. The number of halogens is 1. The molecule has 3 aromatic rings. The molecule has 0 N–H and O–H groups in total. The summed E-state index contributed by atoms with van der Waals surface area (Å²) in [6.07, 6.45) is 2.94. The van der Waals surface area contributed by atoms with Crippen molar-refractivity contribution in [1.82, 2.24) is 14.8 Å². The molecular weight excluding hydrogens is 488 g/mol. The summed E-state index contributed by atoms with van der Waals surface area (Å²) in [5.41, 5.74) is 3.76. The predicted octanol–water partition coefficient (Wildman–Crippen LogP) is 5.68. The third kappa shape index (κ3) is 6.06. The molecule has 1 saturated heterocycles. The van der Waals surface area contributed by atoms with Gasteiger partial charge >= 0.3 is 0 Å². The molecule has 1 fully saturated rings. The van der Waals surface area contributed by atoms with Crippen LogP contribution in [0.3, 0.4) is 0 Å². The highest BCUT2D eigenvalue weighted by Crippen LogP contribution is 2.43. The molecule has 0 aromatic heterocycles. The van der Waals surface area contributed by atoms with Crippen LogP contribution >= 0.6 is 23.4 Å². The molecule has 3 aromatic carbocycles. The van der Waals surface area contributed by atoms with Crippen molar-refractivity contribution in [1.29, 1.82) is 0 Å². The average Bonchev–Trinajstić information content (AvgIpc) is 3.05. The van der Waals surface area contributed by atoms with Crippen LogP contribution in [0.2, 0.25) is 5.02 Å². The summed E-state index contributed by atoms with van der Waals surface area (Å²) in [4.78, 5) is 7.37. The largest absolute Gasteiger partial charge is 0.492 e. The van der Waals surface area contributed by atoms with E-state index in [9.17, 15) is 0 Å². The summed E-state index contributed by atoms with van der Waals surface area (Å²) in [5, 5.41) is 7.79. The Labute approximate surface area is 223 Å². The predicted molar refractivity (Wildman–Crippen MR) is 150 cm³/mol. The van der Waals surface area contributed by atoms with Crippen molar-refractivity contribution in [2.24, 2.45) is 5.10 Å². The molecule has 0 spiro atoms. The molecule has 1 atom stereocenters. The summed E-state index contributed by atoms with van der Waals surface area (Å²) in [5.74, 6) is 0.879. The third-order valence-electron chi connectivity index (χ3n) is 6.74. The van der Waals surface area contributed by atoms with E-state index >= 15 is 0 Å². The van der Waals surface area contributed by atoms with Gasteiger partial charge in [-0.3, -0.25) is 9.91 Å². The maximum absolute atomic E-state index is 6.46. The van der Waals surface area contributed by atoms with Crippen LogP contribution in [0.4, 0.5) is 0 Å². The van der Waals surface area contributed by atoms with Crippen LogP contribution in [0, 0.1) is 0 Å². The number of para-hydroxylation sites is 1. The van der Waals surface area contributed by atoms with Crippen molar-refractivity contribution in [2.75, 3.05) is 53.4 Å². The van der Waals surface area contributed by atoms with Gasteiger partial charge in [0.25, 0.3) is 0 Å². The number of rotatable bonds is 7. The Morgan fingerprint density at radius 3 is 2.61 bits per heavy atom. The molecule has 0 radical (unpaired) electrons. The van der Waals surface area contributed by atoms with Crippen LogP contribution in [-0.2, 0) is 6.42 Å². The lowest BCUT2D eigenvalue weighted by Gasteiger charge is -2.38. The number of nitrogens with zero attached hydrogens (tertiary/aromatic N) is 4. The Morgan fingerprint density at radius 1 is 1.00 bits per heavy atom. The summed E-state index contributed by atoms with van der Waals surface area (Å²) in [6.45, 7) is 5.24. The standard InChI is InChI=1S/C29H33ClN4OS/c1-32(2)17-18-35-27-9-5-3-8-23(27)21-31-34-15-13-33(14-16-34)26-19-22-7-4-6-10-28(22)36-29-12-11-24(30)20-25(26)29/h3-12,20-21,26H,13-19H2,1-2H3/b31-21+/t26-/m0/s1. The number of fused-ring (bicyclic) bond motifs is 2. The highest BCUT2D eigenvalue weighted by atomic mass is 35.5. The Balaban J connectivity index is 1.27. The molecule has 2 aliphatic heterocycles. The van der Waals surface area contributed by atoms with Gasteiger partial charge in [-0.25, -0.2) is 0 Å². The Bertz CT molecular complexity index is 1210. The van der Waals surface area contributed by atoms with Crippen LogP contribution in [0.15, 0.2) is 81.6 Å². The van der Waals surface area contributed by atoms with Gasteiger partial charge in [-0.15, -0.1) is 0 Å². The fourth-order valence-corrected chi connectivity index (χ4v) is 6.04. The molecule has 36 heavy (non-hydrogen) atoms. The van der Waals surface area contributed by atoms with Crippen molar-refractivity contribution in [3.05, 3.63) is 88.4 Å². The summed E-state index contributed by atoms with van der Waals surface area (Å²) >= 11 is 8.32. The molecule has 7 heteroatoms. The zero-order chi connectivity index (χ0) is 24.9. The van der Waals surface area contributed by atoms with E-state index in [1.165, 1.54) is 20.9 Å². The van der Waals surface area contributed by atoms with Gasteiger partial charge in [-0.05, 0) is 68.0 Å². The van der Waals surface area contributed by atoms with Crippen LogP contribution in [0.25, 0.3) is 0 Å². The van der Waals surface area contributed by atoms with E-state index in [-0.39, 0.29) is 0 Å². The van der Waals surface area contributed by atoms with Crippen molar-refractivity contribution < 1.29 is 4.74 Å². The highest BCUT2D eigenvalue weighted by Gasteiger charge is 2.30. The first-order valence-electron chi connectivity index (χ1n) is 12.5. The monoisotopic (exact) mass is 520 g/mol. The van der Waals surface area contributed by atoms with Crippen LogP contribution in [0.5, 0.6) is 5.75 Å². The number of piperazine rings is 1. The summed E-state index contributed by atoms with van der Waals surface area (Å²) in [6, 6.07) is 23.5. The lowest BCUT2D eigenvalue weighted by molar-refractivity contribution is 0.0970. The van der Waals surface area contributed by atoms with Crippen LogP contribution in [0.1, 0.15) is 22.7 Å². The van der Waals surface area contributed by atoms with Gasteiger partial charge in [0.15, 0.2) is 0 Å². The topological polar surface area (TPSA) is 31.3 Å². The second kappa shape index (κ2) is 11.7. The van der Waals surface area contributed by atoms with Gasteiger partial charge < -0.3 is 9.64 Å². The number of hydrazone groups is 1. The molecule has 2 heterocycles. The number of likely N-dealkylation sites (N-methyl/N-ethyl adjacent to an activating group) is 1. The van der Waals surface area contributed by atoms with Crippen molar-refractivity contribution >= 4 is 29.6 Å². The first kappa shape index (κ1) is 25.2. The number of hydrogen-bond donors (Lipinski definition) is 0. The molecule has 188 valence electrons. The smallest absolute Gasteiger partial charge is 0.128 e. The molecule has 5 nitrogen and oxygen atoms in total. The molecule has 0 unspecified atom stereocenters. The van der Waals surface area contributed by atoms with Gasteiger partial charge in [0.05, 0.1) is 6.21 Å². The molecule has 5 rings (SSSR count). The fourth-order valence-electron chi connectivity index (χ4n) is 4.75. The number of ether oxygens (including phenoxy) is 1. The van der Waals surface area contributed by atoms with Crippen molar-refractivity contribution in [3.8, 4) is 5.75 Å². The SMILES string of the molecule is CN(C)CCOc1ccccc1/C=N/N1CCN([C@H]2Cc3ccccc3Sc3ccc(Cl)cc32)CC1. The minimum absolute atomic E-state index is 0.312. The zero-order valence-corrected chi connectivity index (χ0v) is 22.5. The molecular formula is C29H33ClN4OS. The van der Waals surface area contributed by atoms with E-state index in [0.717, 1.165) is 55.5 Å². The van der Waals surface area contributed by atoms with E-state index < -0.39 is 0 Å². The van der Waals surface area contributed by atoms with E-state index in [2.05, 4.69) is 71.4 Å². The van der Waals surface area contributed by atoms with Gasteiger partial charge in [0, 0.05) is 59.1 Å². The van der Waals surface area contributed by atoms with E-state index in [0.29, 0.717) is 12.6 Å². The summed E-state index contributed by atoms with van der Waals surface area (Å²) in [7, 11) is 4.10. The minimum atomic E-state index is 0.312. The average molecular weight is 521 g/mol. The second-order valence-corrected chi connectivity index (χ2v) is 11.1. The van der Waals surface area contributed by atoms with Gasteiger partial charge in [-0.2, -0.15) is 5.10 Å². The van der Waals surface area contributed by atoms with Crippen LogP contribution in [-0.4, -0.2) is 74.4 Å². The highest BCUT2D eigenvalue weighted by molar-refractivity contribution is 7.99. The minimum Gasteiger partial charge on any atom is -0.492 e. The molecule has 0 amide bonds.